The van der Waals surface area contributed by atoms with Crippen LogP contribution in [0.3, 0.4) is 0 Å². The molecule has 0 atom stereocenters. The van der Waals surface area contributed by atoms with Gasteiger partial charge in [0.25, 0.3) is 6.47 Å². The average molecular weight is 174 g/mol. The van der Waals surface area contributed by atoms with Crippen molar-refractivity contribution in [1.82, 2.24) is 4.98 Å². The largest absolute Gasteiger partial charge is 0.483 e. The second kappa shape index (κ2) is 5.68. The molecule has 0 unspecified atom stereocenters. The van der Waals surface area contributed by atoms with E-state index in [1.807, 2.05) is 6.92 Å². The van der Waals surface area contributed by atoms with Crippen LogP contribution in [0.2, 0.25) is 5.02 Å². The summed E-state index contributed by atoms with van der Waals surface area (Å²) in [6.07, 6.45) is 3.41. The monoisotopic (exact) mass is 173 g/mol. The van der Waals surface area contributed by atoms with Crippen LogP contribution in [0.1, 0.15) is 5.56 Å². The maximum Gasteiger partial charge on any atom is 0.290 e. The maximum atomic E-state index is 8.36. The third kappa shape index (κ3) is 4.33. The number of hydrogen-bond acceptors (Lipinski definition) is 2. The molecule has 0 saturated heterocycles. The van der Waals surface area contributed by atoms with Gasteiger partial charge in [-0.25, -0.2) is 0 Å². The van der Waals surface area contributed by atoms with Gasteiger partial charge < -0.3 is 5.11 Å². The minimum Gasteiger partial charge on any atom is -0.483 e. The molecule has 0 fully saturated rings. The normalized spacial score (nSPS) is 7.82. The topological polar surface area (TPSA) is 50.2 Å². The van der Waals surface area contributed by atoms with Crippen LogP contribution < -0.4 is 0 Å². The molecule has 1 heterocycles. The minimum atomic E-state index is -0.250. The van der Waals surface area contributed by atoms with Crippen molar-refractivity contribution in [3.8, 4) is 0 Å². The second-order valence-electron chi connectivity index (χ2n) is 1.73. The highest BCUT2D eigenvalue weighted by molar-refractivity contribution is 6.31. The first-order valence-corrected chi connectivity index (χ1v) is 3.24. The van der Waals surface area contributed by atoms with E-state index in [4.69, 9.17) is 21.5 Å². The summed E-state index contributed by atoms with van der Waals surface area (Å²) < 4.78 is 0. The van der Waals surface area contributed by atoms with Gasteiger partial charge in [0.05, 0.1) is 0 Å². The van der Waals surface area contributed by atoms with Gasteiger partial charge >= 0.3 is 0 Å². The molecular weight excluding hydrogens is 166 g/mol. The van der Waals surface area contributed by atoms with Crippen LogP contribution in [0.15, 0.2) is 18.5 Å². The highest BCUT2D eigenvalue weighted by Crippen LogP contribution is 2.10. The standard InChI is InChI=1S/C6H6ClN.CH2O2/c1-5-4-8-3-2-6(5)7;2-1-3/h2-4H,1H3;1H,(H,2,3). The maximum absolute atomic E-state index is 8.36. The van der Waals surface area contributed by atoms with Crippen molar-refractivity contribution in [3.63, 3.8) is 0 Å². The first kappa shape index (κ1) is 9.91. The van der Waals surface area contributed by atoms with Crippen LogP contribution in [-0.4, -0.2) is 16.6 Å². The summed E-state index contributed by atoms with van der Waals surface area (Å²) in [6, 6.07) is 1.77. The molecule has 1 aromatic heterocycles. The number of rotatable bonds is 0. The van der Waals surface area contributed by atoms with E-state index < -0.39 is 0 Å². The van der Waals surface area contributed by atoms with Gasteiger partial charge in [0.15, 0.2) is 0 Å². The van der Waals surface area contributed by atoms with Crippen LogP contribution >= 0.6 is 11.6 Å². The summed E-state index contributed by atoms with van der Waals surface area (Å²) >= 11 is 5.67. The molecule has 11 heavy (non-hydrogen) atoms. The third-order valence-electron chi connectivity index (χ3n) is 0.952. The van der Waals surface area contributed by atoms with Gasteiger partial charge in [-0.2, -0.15) is 0 Å². The van der Waals surface area contributed by atoms with E-state index in [-0.39, 0.29) is 6.47 Å². The Morgan fingerprint density at radius 2 is 2.27 bits per heavy atom. The van der Waals surface area contributed by atoms with Gasteiger partial charge in [-0.05, 0) is 18.6 Å². The number of hydrogen-bond donors (Lipinski definition) is 1. The molecule has 4 heteroatoms. The second-order valence-corrected chi connectivity index (χ2v) is 2.14. The zero-order valence-electron chi connectivity index (χ0n) is 5.99. The Kier molecular flexibility index (Phi) is 5.11. The molecule has 0 saturated carbocycles. The molecule has 1 rings (SSSR count). The van der Waals surface area contributed by atoms with Gasteiger partial charge in [0, 0.05) is 17.4 Å². The molecule has 0 bridgehead atoms. The van der Waals surface area contributed by atoms with Crippen molar-refractivity contribution in [2.75, 3.05) is 0 Å². The molecule has 1 N–H and O–H groups in total. The predicted octanol–water partition coefficient (Wildman–Crippen LogP) is 1.74. The number of carboxylic acid groups (broad SMARTS) is 1. The average Bonchev–Trinajstić information content (AvgIpc) is 1.97. The van der Waals surface area contributed by atoms with Crippen molar-refractivity contribution in [2.45, 2.75) is 6.92 Å². The predicted molar refractivity (Wildman–Crippen MR) is 42.7 cm³/mol. The lowest BCUT2D eigenvalue weighted by Crippen LogP contribution is -1.74. The molecule has 60 valence electrons. The Labute approximate surface area is 69.6 Å². The van der Waals surface area contributed by atoms with Crippen LogP contribution in [0.25, 0.3) is 0 Å². The highest BCUT2D eigenvalue weighted by Gasteiger charge is 1.87. The number of aryl methyl sites for hydroxylation is 1. The Balaban J connectivity index is 0.000000292. The zero-order chi connectivity index (χ0) is 8.69. The lowest BCUT2D eigenvalue weighted by Gasteiger charge is -1.90. The Morgan fingerprint density at radius 3 is 2.55 bits per heavy atom. The Hall–Kier alpha value is -1.09. The SMILES string of the molecule is Cc1cnccc1Cl.O=CO. The fraction of sp³-hybridized carbons (Fsp3) is 0.143. The summed E-state index contributed by atoms with van der Waals surface area (Å²) in [6.45, 7) is 1.68. The van der Waals surface area contributed by atoms with E-state index in [2.05, 4.69) is 4.98 Å². The molecule has 0 aliphatic carbocycles. The number of pyridine rings is 1. The molecule has 0 radical (unpaired) electrons. The van der Waals surface area contributed by atoms with Gasteiger partial charge in [-0.1, -0.05) is 11.6 Å². The van der Waals surface area contributed by atoms with E-state index >= 15 is 0 Å². The fourth-order valence-electron chi connectivity index (χ4n) is 0.456. The first-order valence-electron chi connectivity index (χ1n) is 2.86. The van der Waals surface area contributed by atoms with Crippen molar-refractivity contribution < 1.29 is 9.90 Å². The van der Waals surface area contributed by atoms with E-state index in [9.17, 15) is 0 Å². The molecule has 0 spiro atoms. The third-order valence-corrected chi connectivity index (χ3v) is 1.38. The number of halogens is 1. The van der Waals surface area contributed by atoms with Crippen LogP contribution in [0, 0.1) is 6.92 Å². The van der Waals surface area contributed by atoms with Gasteiger partial charge in [-0.3, -0.25) is 9.78 Å². The fourth-order valence-corrected chi connectivity index (χ4v) is 0.562. The van der Waals surface area contributed by atoms with Crippen molar-refractivity contribution in [1.29, 1.82) is 0 Å². The van der Waals surface area contributed by atoms with Crippen LogP contribution in [0.5, 0.6) is 0 Å². The van der Waals surface area contributed by atoms with E-state index in [0.717, 1.165) is 10.6 Å². The van der Waals surface area contributed by atoms with Gasteiger partial charge in [0.2, 0.25) is 0 Å². The summed E-state index contributed by atoms with van der Waals surface area (Å²) in [5, 5.41) is 7.67. The van der Waals surface area contributed by atoms with E-state index in [0.29, 0.717) is 0 Å². The lowest BCUT2D eigenvalue weighted by molar-refractivity contribution is -0.122. The van der Waals surface area contributed by atoms with Crippen molar-refractivity contribution in [2.24, 2.45) is 0 Å². The van der Waals surface area contributed by atoms with Crippen molar-refractivity contribution in [3.05, 3.63) is 29.0 Å². The molecule has 1 aromatic rings. The Morgan fingerprint density at radius 1 is 1.73 bits per heavy atom. The van der Waals surface area contributed by atoms with E-state index in [1.54, 1.807) is 18.5 Å². The molecule has 0 aliphatic heterocycles. The smallest absolute Gasteiger partial charge is 0.290 e. The number of nitrogens with zero attached hydrogens (tertiary/aromatic N) is 1. The minimum absolute atomic E-state index is 0.250. The van der Waals surface area contributed by atoms with Gasteiger partial charge in [-0.15, -0.1) is 0 Å². The molecule has 0 aromatic carbocycles. The summed E-state index contributed by atoms with van der Waals surface area (Å²) in [5.74, 6) is 0. The van der Waals surface area contributed by atoms with Crippen LogP contribution in [-0.2, 0) is 4.79 Å². The molecule has 3 nitrogen and oxygen atoms in total. The highest BCUT2D eigenvalue weighted by atomic mass is 35.5. The summed E-state index contributed by atoms with van der Waals surface area (Å²) in [4.78, 5) is 12.2. The molecule has 0 aliphatic rings. The Bertz CT molecular complexity index is 206. The molecule has 0 amide bonds. The lowest BCUT2D eigenvalue weighted by atomic mass is 10.3. The first-order chi connectivity index (χ1) is 5.22. The van der Waals surface area contributed by atoms with Gasteiger partial charge in [0.1, 0.15) is 0 Å². The zero-order valence-corrected chi connectivity index (χ0v) is 6.75. The number of carbonyl (C=O) groups is 1. The summed E-state index contributed by atoms with van der Waals surface area (Å²) in [7, 11) is 0. The van der Waals surface area contributed by atoms with Crippen LogP contribution in [0.4, 0.5) is 0 Å². The number of aromatic nitrogens is 1. The molecular formula is C7H8ClNO2. The quantitative estimate of drug-likeness (QED) is 0.608. The summed E-state index contributed by atoms with van der Waals surface area (Å²) in [5.41, 5.74) is 1.02. The van der Waals surface area contributed by atoms with E-state index in [1.165, 1.54) is 0 Å². The van der Waals surface area contributed by atoms with Crippen molar-refractivity contribution >= 4 is 18.1 Å².